The maximum Gasteiger partial charge on any atom is 0.251 e. The Morgan fingerprint density at radius 1 is 1.12 bits per heavy atom. The lowest BCUT2D eigenvalue weighted by Gasteiger charge is -2.35. The molecular weight excluding hydrogens is 430 g/mol. The zero-order chi connectivity index (χ0) is 24.1. The van der Waals surface area contributed by atoms with Gasteiger partial charge in [0.25, 0.3) is 5.91 Å². The van der Waals surface area contributed by atoms with Crippen LogP contribution in [-0.4, -0.2) is 68.6 Å². The minimum Gasteiger partial charge on any atom is -0.497 e. The molecule has 0 atom stereocenters. The maximum atomic E-state index is 13.1. The Labute approximate surface area is 201 Å². The molecule has 1 fully saturated rings. The van der Waals surface area contributed by atoms with Crippen molar-refractivity contribution in [3.05, 3.63) is 70.8 Å². The average molecular weight is 464 g/mol. The van der Waals surface area contributed by atoms with Gasteiger partial charge in [-0.05, 0) is 50.1 Å². The summed E-state index contributed by atoms with van der Waals surface area (Å²) in [6, 6.07) is 12.8. The topological polar surface area (TPSA) is 79.9 Å². The summed E-state index contributed by atoms with van der Waals surface area (Å²) in [7, 11) is 1.64. The summed E-state index contributed by atoms with van der Waals surface area (Å²) in [4.78, 5) is 27.8. The number of fused-ring (bicyclic) bond motifs is 1. The summed E-state index contributed by atoms with van der Waals surface area (Å²) < 4.78 is 10.7. The minimum atomic E-state index is -0.170. The molecule has 1 amide bonds. The number of allylic oxidation sites excluding steroid dienone is 1. The fraction of sp³-hybridized carbons (Fsp3) is 0.407. The van der Waals surface area contributed by atoms with Gasteiger partial charge in [0.05, 0.1) is 20.3 Å². The van der Waals surface area contributed by atoms with E-state index in [0.717, 1.165) is 56.3 Å². The number of methoxy groups -OCH3 is 1. The zero-order valence-electron chi connectivity index (χ0n) is 20.1. The van der Waals surface area contributed by atoms with Gasteiger partial charge in [-0.25, -0.2) is 0 Å². The first-order chi connectivity index (χ1) is 16.3. The number of carbonyl (C=O) groups excluding carboxylic acids is 2. The number of nitrogens with one attached hydrogen (secondary N) is 2. The predicted octanol–water partition coefficient (Wildman–Crippen LogP) is 2.91. The van der Waals surface area contributed by atoms with Crippen LogP contribution >= 0.6 is 0 Å². The van der Waals surface area contributed by atoms with Crippen LogP contribution in [0.3, 0.4) is 0 Å². The standard InChI is InChI=1S/C27H33N3O4/c1-27(2)18-21-8-9-22(33-3)16-23(21)24(29-27)17-25(31)19-4-6-20(7-5-19)26(32)28-10-11-30-12-14-34-15-13-30/h4-9,16-17,29H,10-15,18H2,1-3H3,(H,28,32)/b24-17-. The fourth-order valence-corrected chi connectivity index (χ4v) is 4.41. The first kappa shape index (κ1) is 24.0. The largest absolute Gasteiger partial charge is 0.497 e. The molecule has 7 nitrogen and oxygen atoms in total. The third kappa shape index (κ3) is 5.85. The highest BCUT2D eigenvalue weighted by molar-refractivity contribution is 6.09. The van der Waals surface area contributed by atoms with E-state index >= 15 is 0 Å². The molecule has 0 aliphatic carbocycles. The third-order valence-electron chi connectivity index (χ3n) is 6.24. The molecule has 0 spiro atoms. The Balaban J connectivity index is 1.43. The van der Waals surface area contributed by atoms with Crippen molar-refractivity contribution in [2.75, 3.05) is 46.5 Å². The van der Waals surface area contributed by atoms with Crippen LogP contribution in [-0.2, 0) is 11.2 Å². The van der Waals surface area contributed by atoms with E-state index in [1.165, 1.54) is 5.56 Å². The van der Waals surface area contributed by atoms with Gasteiger partial charge in [0.15, 0.2) is 5.78 Å². The lowest BCUT2D eigenvalue weighted by molar-refractivity contribution is 0.0383. The van der Waals surface area contributed by atoms with Gasteiger partial charge < -0.3 is 20.1 Å². The van der Waals surface area contributed by atoms with E-state index in [1.807, 2.05) is 12.1 Å². The third-order valence-corrected chi connectivity index (χ3v) is 6.24. The summed E-state index contributed by atoms with van der Waals surface area (Å²) in [6.45, 7) is 8.88. The number of morpholine rings is 1. The van der Waals surface area contributed by atoms with E-state index in [9.17, 15) is 9.59 Å². The van der Waals surface area contributed by atoms with Crippen LogP contribution < -0.4 is 15.4 Å². The van der Waals surface area contributed by atoms with Crippen molar-refractivity contribution in [3.8, 4) is 5.75 Å². The second kappa shape index (κ2) is 10.4. The number of rotatable bonds is 7. The fourth-order valence-electron chi connectivity index (χ4n) is 4.41. The molecule has 2 heterocycles. The van der Waals surface area contributed by atoms with Crippen LogP contribution in [0.5, 0.6) is 5.75 Å². The second-order valence-electron chi connectivity index (χ2n) is 9.42. The average Bonchev–Trinajstić information content (AvgIpc) is 2.84. The molecule has 180 valence electrons. The molecule has 1 saturated heterocycles. The summed E-state index contributed by atoms with van der Waals surface area (Å²) in [5.41, 5.74) is 3.83. The minimum absolute atomic E-state index is 0.117. The van der Waals surface area contributed by atoms with E-state index in [-0.39, 0.29) is 17.2 Å². The molecule has 2 aromatic rings. The quantitative estimate of drug-likeness (QED) is 0.486. The van der Waals surface area contributed by atoms with Gasteiger partial charge in [-0.3, -0.25) is 14.5 Å². The van der Waals surface area contributed by atoms with Gasteiger partial charge >= 0.3 is 0 Å². The van der Waals surface area contributed by atoms with E-state index < -0.39 is 0 Å². The van der Waals surface area contributed by atoms with E-state index in [4.69, 9.17) is 9.47 Å². The Morgan fingerprint density at radius 3 is 2.53 bits per heavy atom. The highest BCUT2D eigenvalue weighted by atomic mass is 16.5. The number of nitrogens with zero attached hydrogens (tertiary/aromatic N) is 1. The Bertz CT molecular complexity index is 1070. The van der Waals surface area contributed by atoms with Crippen LogP contribution in [0.1, 0.15) is 45.7 Å². The predicted molar refractivity (Wildman–Crippen MR) is 132 cm³/mol. The molecule has 0 saturated carbocycles. The smallest absolute Gasteiger partial charge is 0.251 e. The molecule has 2 aliphatic heterocycles. The molecule has 4 rings (SSSR count). The summed E-state index contributed by atoms with van der Waals surface area (Å²) >= 11 is 0. The van der Waals surface area contributed by atoms with Crippen LogP contribution in [0.25, 0.3) is 5.70 Å². The lowest BCUT2D eigenvalue weighted by Crippen LogP contribution is -2.43. The van der Waals surface area contributed by atoms with Gasteiger partial charge in [0.1, 0.15) is 5.75 Å². The van der Waals surface area contributed by atoms with Gasteiger partial charge in [-0.2, -0.15) is 0 Å². The normalized spacial score (nSPS) is 18.6. The van der Waals surface area contributed by atoms with Crippen LogP contribution in [0.2, 0.25) is 0 Å². The van der Waals surface area contributed by atoms with Crippen LogP contribution in [0, 0.1) is 0 Å². The molecular formula is C27H33N3O4. The molecule has 2 aliphatic rings. The van der Waals surface area contributed by atoms with E-state index in [2.05, 4.69) is 35.4 Å². The van der Waals surface area contributed by atoms with Crippen molar-refractivity contribution in [1.29, 1.82) is 0 Å². The Morgan fingerprint density at radius 2 is 1.82 bits per heavy atom. The molecule has 0 bridgehead atoms. The van der Waals surface area contributed by atoms with E-state index in [1.54, 1.807) is 37.5 Å². The first-order valence-corrected chi connectivity index (χ1v) is 11.7. The maximum absolute atomic E-state index is 13.1. The van der Waals surface area contributed by atoms with Crippen molar-refractivity contribution >= 4 is 17.4 Å². The summed E-state index contributed by atoms with van der Waals surface area (Å²) in [6.07, 6.45) is 2.49. The van der Waals surface area contributed by atoms with Crippen molar-refractivity contribution in [3.63, 3.8) is 0 Å². The molecule has 0 radical (unpaired) electrons. The SMILES string of the molecule is COc1ccc2c(c1)/C(=C/C(=O)c1ccc(C(=O)NCCN3CCOCC3)cc1)NC(C)(C)C2. The molecule has 2 N–H and O–H groups in total. The highest BCUT2D eigenvalue weighted by Gasteiger charge is 2.28. The number of ether oxygens (including phenoxy) is 2. The van der Waals surface area contributed by atoms with Crippen molar-refractivity contribution in [2.24, 2.45) is 0 Å². The number of carbonyl (C=O) groups is 2. The molecule has 0 unspecified atom stereocenters. The second-order valence-corrected chi connectivity index (χ2v) is 9.42. The Kier molecular flexibility index (Phi) is 7.34. The Hall–Kier alpha value is -3.16. The number of amides is 1. The number of ketones is 1. The highest BCUT2D eigenvalue weighted by Crippen LogP contribution is 2.32. The van der Waals surface area contributed by atoms with Gasteiger partial charge in [0, 0.05) is 60.2 Å². The first-order valence-electron chi connectivity index (χ1n) is 11.7. The van der Waals surface area contributed by atoms with Gasteiger partial charge in [-0.1, -0.05) is 18.2 Å². The molecule has 0 aromatic heterocycles. The monoisotopic (exact) mass is 463 g/mol. The van der Waals surface area contributed by atoms with Crippen molar-refractivity contribution in [2.45, 2.75) is 25.8 Å². The number of hydrogen-bond donors (Lipinski definition) is 2. The molecule has 2 aromatic carbocycles. The molecule has 34 heavy (non-hydrogen) atoms. The summed E-state index contributed by atoms with van der Waals surface area (Å²) in [5.74, 6) is 0.498. The van der Waals surface area contributed by atoms with Gasteiger partial charge in [0.2, 0.25) is 0 Å². The van der Waals surface area contributed by atoms with Gasteiger partial charge in [-0.15, -0.1) is 0 Å². The van der Waals surface area contributed by atoms with Crippen molar-refractivity contribution in [1.82, 2.24) is 15.5 Å². The van der Waals surface area contributed by atoms with Crippen LogP contribution in [0.15, 0.2) is 48.5 Å². The number of benzene rings is 2. The number of hydrogen-bond acceptors (Lipinski definition) is 6. The molecule has 7 heteroatoms. The lowest BCUT2D eigenvalue weighted by atomic mass is 9.85. The zero-order valence-corrected chi connectivity index (χ0v) is 20.1. The summed E-state index contributed by atoms with van der Waals surface area (Å²) in [5, 5.41) is 6.44. The van der Waals surface area contributed by atoms with E-state index in [0.29, 0.717) is 17.7 Å². The van der Waals surface area contributed by atoms with Crippen LogP contribution in [0.4, 0.5) is 0 Å². The van der Waals surface area contributed by atoms with Crippen molar-refractivity contribution < 1.29 is 19.1 Å².